The molecule has 0 saturated heterocycles. The Morgan fingerprint density at radius 3 is 2.04 bits per heavy atom. The van der Waals surface area contributed by atoms with E-state index in [0.717, 1.165) is 0 Å². The van der Waals surface area contributed by atoms with E-state index in [1.165, 1.54) is 58.6 Å². The molecule has 0 aliphatic heterocycles. The number of hydrogen-bond acceptors (Lipinski definition) is 6. The number of anilines is 1. The summed E-state index contributed by atoms with van der Waals surface area (Å²) in [6, 6.07) is 7.12. The molecule has 0 heterocycles. The molecule has 2 rings (SSSR count). The van der Waals surface area contributed by atoms with Gasteiger partial charge < -0.3 is 19.5 Å². The zero-order chi connectivity index (χ0) is 19.5. The van der Waals surface area contributed by atoms with E-state index >= 15 is 0 Å². The maximum Gasteiger partial charge on any atom is 0.294 e. The summed E-state index contributed by atoms with van der Waals surface area (Å²) in [6.07, 6.45) is 0. The van der Waals surface area contributed by atoms with E-state index < -0.39 is 16.0 Å². The molecule has 0 bridgehead atoms. The number of carbonyl (C=O) groups excluding carboxylic acids is 1. The number of amides is 1. The summed E-state index contributed by atoms with van der Waals surface area (Å²) < 4.78 is 47.6. The Kier molecular flexibility index (Phi) is 5.73. The average molecular weight is 381 g/mol. The van der Waals surface area contributed by atoms with Gasteiger partial charge in [-0.2, -0.15) is 8.42 Å². The largest absolute Gasteiger partial charge is 0.493 e. The molecule has 2 aromatic rings. The first-order valence-electron chi connectivity index (χ1n) is 7.40. The minimum absolute atomic E-state index is 0.210. The van der Waals surface area contributed by atoms with Gasteiger partial charge in [-0.05, 0) is 36.8 Å². The summed E-state index contributed by atoms with van der Waals surface area (Å²) in [5, 5.41) is 2.57. The van der Waals surface area contributed by atoms with Crippen LogP contribution in [0.4, 0.5) is 5.69 Å². The number of carbonyl (C=O) groups is 1. The first-order chi connectivity index (χ1) is 12.2. The van der Waals surface area contributed by atoms with E-state index in [2.05, 4.69) is 5.32 Å². The summed E-state index contributed by atoms with van der Waals surface area (Å²) in [5.41, 5.74) is 0.786. The van der Waals surface area contributed by atoms with Crippen molar-refractivity contribution in [2.24, 2.45) is 0 Å². The lowest BCUT2D eigenvalue weighted by Gasteiger charge is -2.14. The topological polar surface area (TPSA) is 111 Å². The molecule has 0 fully saturated rings. The van der Waals surface area contributed by atoms with Crippen LogP contribution < -0.4 is 19.5 Å². The average Bonchev–Trinajstić information content (AvgIpc) is 2.60. The highest BCUT2D eigenvalue weighted by Crippen LogP contribution is 2.38. The highest BCUT2D eigenvalue weighted by atomic mass is 32.2. The molecule has 26 heavy (non-hydrogen) atoms. The molecule has 0 spiro atoms. The second kappa shape index (κ2) is 7.63. The molecule has 8 nitrogen and oxygen atoms in total. The predicted molar refractivity (Wildman–Crippen MR) is 95.0 cm³/mol. The van der Waals surface area contributed by atoms with Crippen molar-refractivity contribution in [3.63, 3.8) is 0 Å². The first-order valence-corrected chi connectivity index (χ1v) is 8.84. The molecule has 140 valence electrons. The predicted octanol–water partition coefficient (Wildman–Crippen LogP) is 2.52. The highest BCUT2D eigenvalue weighted by molar-refractivity contribution is 7.85. The van der Waals surface area contributed by atoms with Gasteiger partial charge in [-0.3, -0.25) is 9.35 Å². The quantitative estimate of drug-likeness (QED) is 0.740. The van der Waals surface area contributed by atoms with Gasteiger partial charge in [0.25, 0.3) is 16.0 Å². The Labute approximate surface area is 151 Å². The Balaban J connectivity index is 2.39. The number of rotatable bonds is 6. The summed E-state index contributed by atoms with van der Waals surface area (Å²) >= 11 is 0. The van der Waals surface area contributed by atoms with E-state index in [1.54, 1.807) is 0 Å². The van der Waals surface area contributed by atoms with Crippen molar-refractivity contribution in [2.75, 3.05) is 26.6 Å². The van der Waals surface area contributed by atoms with Crippen LogP contribution in [0.1, 0.15) is 15.9 Å². The van der Waals surface area contributed by atoms with Crippen LogP contribution in [-0.2, 0) is 10.1 Å². The fourth-order valence-corrected chi connectivity index (χ4v) is 3.12. The van der Waals surface area contributed by atoms with Crippen molar-refractivity contribution in [3.05, 3.63) is 41.5 Å². The number of benzene rings is 2. The molecule has 0 aliphatic carbocycles. The highest BCUT2D eigenvalue weighted by Gasteiger charge is 2.18. The van der Waals surface area contributed by atoms with Crippen LogP contribution in [0, 0.1) is 6.92 Å². The maximum absolute atomic E-state index is 12.5. The summed E-state index contributed by atoms with van der Waals surface area (Å²) in [7, 11) is -0.0911. The maximum atomic E-state index is 12.5. The number of methoxy groups -OCH3 is 3. The lowest BCUT2D eigenvalue weighted by molar-refractivity contribution is 0.102. The van der Waals surface area contributed by atoms with E-state index in [-0.39, 0.29) is 16.1 Å². The minimum Gasteiger partial charge on any atom is -0.493 e. The van der Waals surface area contributed by atoms with Crippen LogP contribution in [-0.4, -0.2) is 40.2 Å². The first kappa shape index (κ1) is 19.5. The van der Waals surface area contributed by atoms with Crippen LogP contribution >= 0.6 is 0 Å². The number of ether oxygens (including phenoxy) is 3. The van der Waals surface area contributed by atoms with Crippen LogP contribution in [0.2, 0.25) is 0 Å². The molecule has 1 amide bonds. The van der Waals surface area contributed by atoms with Gasteiger partial charge in [0, 0.05) is 11.3 Å². The van der Waals surface area contributed by atoms with Gasteiger partial charge >= 0.3 is 0 Å². The molecular weight excluding hydrogens is 362 g/mol. The van der Waals surface area contributed by atoms with Gasteiger partial charge in [-0.15, -0.1) is 0 Å². The van der Waals surface area contributed by atoms with Crippen molar-refractivity contribution >= 4 is 21.7 Å². The zero-order valence-electron chi connectivity index (χ0n) is 14.7. The van der Waals surface area contributed by atoms with Gasteiger partial charge in [0.1, 0.15) is 0 Å². The van der Waals surface area contributed by atoms with Crippen LogP contribution in [0.25, 0.3) is 0 Å². The van der Waals surface area contributed by atoms with Crippen molar-refractivity contribution in [3.8, 4) is 17.2 Å². The van der Waals surface area contributed by atoms with Gasteiger partial charge in [0.2, 0.25) is 5.75 Å². The molecule has 0 unspecified atom stereocenters. The van der Waals surface area contributed by atoms with Gasteiger partial charge in [0.05, 0.1) is 26.2 Å². The van der Waals surface area contributed by atoms with E-state index in [0.29, 0.717) is 22.8 Å². The summed E-state index contributed by atoms with van der Waals surface area (Å²) in [5.74, 6) is 0.434. The van der Waals surface area contributed by atoms with E-state index in [1.807, 2.05) is 0 Å². The molecular formula is C17H19NO7S. The number of nitrogens with one attached hydrogen (secondary N) is 1. The fraction of sp³-hybridized carbons (Fsp3) is 0.235. The third kappa shape index (κ3) is 4.06. The Morgan fingerprint density at radius 2 is 1.58 bits per heavy atom. The van der Waals surface area contributed by atoms with Gasteiger partial charge in [-0.25, -0.2) is 0 Å². The second-order valence-electron chi connectivity index (χ2n) is 5.32. The van der Waals surface area contributed by atoms with Crippen molar-refractivity contribution in [2.45, 2.75) is 11.8 Å². The van der Waals surface area contributed by atoms with Gasteiger partial charge in [-0.1, -0.05) is 6.07 Å². The Morgan fingerprint density at radius 1 is 1.00 bits per heavy atom. The van der Waals surface area contributed by atoms with Gasteiger partial charge in [0.15, 0.2) is 11.5 Å². The molecule has 9 heteroatoms. The molecule has 0 radical (unpaired) electrons. The molecule has 0 aliphatic rings. The third-order valence-corrected chi connectivity index (χ3v) is 4.65. The van der Waals surface area contributed by atoms with Crippen LogP contribution in [0.5, 0.6) is 17.2 Å². The number of aryl methyl sites for hydroxylation is 1. The zero-order valence-corrected chi connectivity index (χ0v) is 15.5. The van der Waals surface area contributed by atoms with Crippen LogP contribution in [0.15, 0.2) is 35.2 Å². The van der Waals surface area contributed by atoms with Crippen LogP contribution in [0.3, 0.4) is 0 Å². The minimum atomic E-state index is -4.39. The SMILES string of the molecule is COc1cc(C(=O)Nc2ccc(C)c(S(=O)(=O)O)c2)cc(OC)c1OC. The summed E-state index contributed by atoms with van der Waals surface area (Å²) in [6.45, 7) is 1.54. The Hall–Kier alpha value is -2.78. The Bertz CT molecular complexity index is 913. The normalized spacial score (nSPS) is 11.0. The molecule has 0 aromatic heterocycles. The number of hydrogen-bond donors (Lipinski definition) is 2. The molecule has 0 atom stereocenters. The standard InChI is InChI=1S/C17H19NO7S/c1-10-5-6-12(9-15(10)26(20,21)22)18-17(19)11-7-13(23-2)16(25-4)14(8-11)24-3/h5-9H,1-4H3,(H,18,19)(H,20,21,22). The van der Waals surface area contributed by atoms with E-state index in [4.69, 9.17) is 14.2 Å². The monoisotopic (exact) mass is 381 g/mol. The summed E-state index contributed by atoms with van der Waals surface area (Å²) in [4.78, 5) is 12.2. The lowest BCUT2D eigenvalue weighted by Crippen LogP contribution is -2.13. The second-order valence-corrected chi connectivity index (χ2v) is 6.71. The fourth-order valence-electron chi connectivity index (χ4n) is 2.37. The molecule has 0 saturated carbocycles. The lowest BCUT2D eigenvalue weighted by atomic mass is 10.1. The third-order valence-electron chi connectivity index (χ3n) is 3.65. The van der Waals surface area contributed by atoms with E-state index in [9.17, 15) is 17.8 Å². The molecule has 2 aromatic carbocycles. The van der Waals surface area contributed by atoms with Crippen molar-refractivity contribution in [1.82, 2.24) is 0 Å². The smallest absolute Gasteiger partial charge is 0.294 e. The van der Waals surface area contributed by atoms with Crippen molar-refractivity contribution < 1.29 is 32.0 Å². The van der Waals surface area contributed by atoms with Crippen molar-refractivity contribution in [1.29, 1.82) is 0 Å². The molecule has 2 N–H and O–H groups in total.